The fourth-order valence-corrected chi connectivity index (χ4v) is 3.40. The number of ether oxygens (including phenoxy) is 1. The van der Waals surface area contributed by atoms with E-state index in [1.807, 2.05) is 13.0 Å². The molecule has 0 aliphatic rings. The smallest absolute Gasteiger partial charge is 0.339 e. The zero-order chi connectivity index (χ0) is 22.3. The van der Waals surface area contributed by atoms with Crippen LogP contribution >= 0.6 is 0 Å². The van der Waals surface area contributed by atoms with E-state index in [4.69, 9.17) is 14.3 Å². The highest BCUT2D eigenvalue weighted by molar-refractivity contribution is 5.86. The molecule has 1 unspecified atom stereocenters. The molecule has 30 heavy (non-hydrogen) atoms. The molecule has 1 aromatic heterocycles. The van der Waals surface area contributed by atoms with Crippen molar-refractivity contribution in [3.05, 3.63) is 39.2 Å². The van der Waals surface area contributed by atoms with E-state index < -0.39 is 18.0 Å². The summed E-state index contributed by atoms with van der Waals surface area (Å²) in [4.78, 5) is 35.2. The Morgan fingerprint density at radius 1 is 1.17 bits per heavy atom. The first-order chi connectivity index (χ1) is 14.3. The maximum atomic E-state index is 12.6. The molecule has 2 aromatic rings. The van der Waals surface area contributed by atoms with Crippen molar-refractivity contribution < 1.29 is 23.8 Å². The Hall–Kier alpha value is -2.83. The number of fused-ring (bicyclic) bond motifs is 1. The number of carboxylic acid groups (broad SMARTS) is 1. The summed E-state index contributed by atoms with van der Waals surface area (Å²) in [6, 6.07) is 3.62. The molecule has 7 nitrogen and oxygen atoms in total. The monoisotopic (exact) mass is 417 g/mol. The van der Waals surface area contributed by atoms with Gasteiger partial charge in [0.15, 0.2) is 6.10 Å². The van der Waals surface area contributed by atoms with Gasteiger partial charge in [-0.1, -0.05) is 26.2 Å². The third kappa shape index (κ3) is 5.84. The summed E-state index contributed by atoms with van der Waals surface area (Å²) in [5.74, 6) is -0.943. The number of nitrogens with one attached hydrogen (secondary N) is 1. The van der Waals surface area contributed by atoms with Gasteiger partial charge >= 0.3 is 11.6 Å². The summed E-state index contributed by atoms with van der Waals surface area (Å²) in [6.45, 7) is 7.50. The van der Waals surface area contributed by atoms with Crippen molar-refractivity contribution >= 4 is 22.8 Å². The van der Waals surface area contributed by atoms with Crippen LogP contribution in [0.3, 0.4) is 0 Å². The molecule has 1 amide bonds. The lowest BCUT2D eigenvalue weighted by Crippen LogP contribution is -2.37. The van der Waals surface area contributed by atoms with Gasteiger partial charge in [-0.05, 0) is 51.3 Å². The van der Waals surface area contributed by atoms with E-state index in [0.29, 0.717) is 23.3 Å². The Bertz CT molecular complexity index is 962. The molecule has 0 aliphatic carbocycles. The van der Waals surface area contributed by atoms with Gasteiger partial charge in [0.05, 0.1) is 6.42 Å². The summed E-state index contributed by atoms with van der Waals surface area (Å²) < 4.78 is 11.4. The molecule has 0 saturated heterocycles. The van der Waals surface area contributed by atoms with Crippen LogP contribution in [-0.2, 0) is 16.0 Å². The van der Waals surface area contributed by atoms with E-state index >= 15 is 0 Å². The second-order valence-corrected chi connectivity index (χ2v) is 7.56. The molecule has 1 atom stereocenters. The molecule has 0 fully saturated rings. The van der Waals surface area contributed by atoms with Crippen molar-refractivity contribution in [2.75, 3.05) is 6.54 Å². The Morgan fingerprint density at radius 3 is 2.57 bits per heavy atom. The highest BCUT2D eigenvalue weighted by Gasteiger charge is 2.19. The third-order valence-electron chi connectivity index (χ3n) is 5.25. The number of carboxylic acids is 1. The number of unbranched alkanes of at least 4 members (excludes halogenated alkanes) is 3. The lowest BCUT2D eigenvalue weighted by atomic mass is 9.99. The standard InChI is InChI=1S/C23H31NO6/c1-5-6-7-8-9-18-14(2)17-10-11-19(15(3)21(17)30-23(18)28)29-16(4)22(27)24-13-12-20(25)26/h10-11,16H,5-9,12-13H2,1-4H3,(H,24,27)(H,25,26). The zero-order valence-electron chi connectivity index (χ0n) is 18.2. The van der Waals surface area contributed by atoms with E-state index in [2.05, 4.69) is 12.2 Å². The van der Waals surface area contributed by atoms with Crippen LogP contribution in [0.2, 0.25) is 0 Å². The molecule has 1 aromatic carbocycles. The average Bonchev–Trinajstić information content (AvgIpc) is 2.69. The lowest BCUT2D eigenvalue weighted by molar-refractivity contribution is -0.137. The average molecular weight is 418 g/mol. The molecular formula is C23H31NO6. The van der Waals surface area contributed by atoms with Crippen LogP contribution in [0.15, 0.2) is 21.3 Å². The highest BCUT2D eigenvalue weighted by Crippen LogP contribution is 2.30. The molecule has 2 N–H and O–H groups in total. The number of aliphatic carboxylic acids is 1. The first-order valence-corrected chi connectivity index (χ1v) is 10.5. The van der Waals surface area contributed by atoms with E-state index in [9.17, 15) is 14.4 Å². The highest BCUT2D eigenvalue weighted by atomic mass is 16.5. The second-order valence-electron chi connectivity index (χ2n) is 7.56. The maximum Gasteiger partial charge on any atom is 0.339 e. The summed E-state index contributed by atoms with van der Waals surface area (Å²) in [5, 5.41) is 12.0. The summed E-state index contributed by atoms with van der Waals surface area (Å²) in [7, 11) is 0. The molecule has 0 spiro atoms. The number of benzene rings is 1. The Kier molecular flexibility index (Phi) is 8.45. The van der Waals surface area contributed by atoms with Gasteiger partial charge in [-0.25, -0.2) is 4.79 Å². The van der Waals surface area contributed by atoms with Crippen molar-refractivity contribution in [2.24, 2.45) is 0 Å². The first-order valence-electron chi connectivity index (χ1n) is 10.5. The van der Waals surface area contributed by atoms with Crippen LogP contribution in [0.1, 0.15) is 62.6 Å². The van der Waals surface area contributed by atoms with Crippen LogP contribution in [0, 0.1) is 13.8 Å². The van der Waals surface area contributed by atoms with Crippen molar-refractivity contribution in [1.82, 2.24) is 5.32 Å². The van der Waals surface area contributed by atoms with E-state index in [1.165, 1.54) is 0 Å². The Balaban J connectivity index is 2.20. The number of hydrogen-bond acceptors (Lipinski definition) is 5. The van der Waals surface area contributed by atoms with Gasteiger partial charge in [0, 0.05) is 23.1 Å². The number of hydrogen-bond donors (Lipinski definition) is 2. The van der Waals surface area contributed by atoms with Gasteiger partial charge in [-0.15, -0.1) is 0 Å². The normalized spacial score (nSPS) is 12.0. The molecular weight excluding hydrogens is 386 g/mol. The molecule has 2 rings (SSSR count). The van der Waals surface area contributed by atoms with Crippen LogP contribution in [0.4, 0.5) is 0 Å². The fraction of sp³-hybridized carbons (Fsp3) is 0.522. The Labute approximate surface area is 176 Å². The van der Waals surface area contributed by atoms with Gasteiger partial charge in [0.1, 0.15) is 11.3 Å². The van der Waals surface area contributed by atoms with Crippen molar-refractivity contribution in [3.63, 3.8) is 0 Å². The van der Waals surface area contributed by atoms with Gasteiger partial charge in [-0.3, -0.25) is 9.59 Å². The van der Waals surface area contributed by atoms with Crippen LogP contribution in [0.5, 0.6) is 5.75 Å². The number of carbonyl (C=O) groups is 2. The number of carbonyl (C=O) groups excluding carboxylic acids is 1. The second kappa shape index (κ2) is 10.8. The topological polar surface area (TPSA) is 106 Å². The molecule has 0 bridgehead atoms. The van der Waals surface area contributed by atoms with Crippen molar-refractivity contribution in [1.29, 1.82) is 0 Å². The van der Waals surface area contributed by atoms with E-state index in [0.717, 1.165) is 42.2 Å². The SMILES string of the molecule is CCCCCCc1c(C)c2ccc(OC(C)C(=O)NCCC(=O)O)c(C)c2oc1=O. The van der Waals surface area contributed by atoms with Gasteiger partial charge in [-0.2, -0.15) is 0 Å². The summed E-state index contributed by atoms with van der Waals surface area (Å²) >= 11 is 0. The number of amides is 1. The molecule has 0 radical (unpaired) electrons. The zero-order valence-corrected chi connectivity index (χ0v) is 18.2. The lowest BCUT2D eigenvalue weighted by Gasteiger charge is -2.17. The molecule has 1 heterocycles. The first kappa shape index (κ1) is 23.4. The molecule has 7 heteroatoms. The van der Waals surface area contributed by atoms with Gasteiger partial charge in [0.2, 0.25) is 0 Å². The third-order valence-corrected chi connectivity index (χ3v) is 5.25. The van der Waals surface area contributed by atoms with Crippen molar-refractivity contribution in [2.45, 2.75) is 72.3 Å². The van der Waals surface area contributed by atoms with Crippen LogP contribution < -0.4 is 15.7 Å². The van der Waals surface area contributed by atoms with Crippen molar-refractivity contribution in [3.8, 4) is 5.75 Å². The predicted molar refractivity (Wildman–Crippen MR) is 115 cm³/mol. The molecule has 0 saturated carbocycles. The predicted octanol–water partition coefficient (Wildman–Crippen LogP) is 3.89. The maximum absolute atomic E-state index is 12.6. The quantitative estimate of drug-likeness (QED) is 0.424. The van der Waals surface area contributed by atoms with E-state index in [-0.39, 0.29) is 18.6 Å². The summed E-state index contributed by atoms with van der Waals surface area (Å²) in [5.41, 5.74) is 2.43. The fourth-order valence-electron chi connectivity index (χ4n) is 3.40. The minimum atomic E-state index is -0.982. The number of aryl methyl sites for hydroxylation is 2. The van der Waals surface area contributed by atoms with E-state index in [1.54, 1.807) is 19.9 Å². The number of rotatable bonds is 11. The minimum absolute atomic E-state index is 0.0354. The molecule has 0 aliphatic heterocycles. The Morgan fingerprint density at radius 2 is 1.90 bits per heavy atom. The summed E-state index contributed by atoms with van der Waals surface area (Å²) in [6.07, 6.45) is 4.07. The van der Waals surface area contributed by atoms with Gasteiger partial charge < -0.3 is 19.6 Å². The van der Waals surface area contributed by atoms with Crippen LogP contribution in [0.25, 0.3) is 11.0 Å². The van der Waals surface area contributed by atoms with Crippen LogP contribution in [-0.4, -0.2) is 29.6 Å². The molecule has 164 valence electrons. The minimum Gasteiger partial charge on any atom is -0.481 e. The van der Waals surface area contributed by atoms with Gasteiger partial charge in [0.25, 0.3) is 5.91 Å². The largest absolute Gasteiger partial charge is 0.481 e.